The molecule has 1 unspecified atom stereocenters. The predicted molar refractivity (Wildman–Crippen MR) is 80.7 cm³/mol. The van der Waals surface area contributed by atoms with Gasteiger partial charge in [-0.3, -0.25) is 9.78 Å². The highest BCUT2D eigenvalue weighted by molar-refractivity contribution is 5.88. The minimum Gasteiger partial charge on any atom is -0.299 e. The number of nitrogens with zero attached hydrogens (tertiary/aromatic N) is 1. The van der Waals surface area contributed by atoms with Crippen molar-refractivity contribution in [3.8, 4) is 0 Å². The minimum absolute atomic E-state index is 0.0962. The number of fused-ring (bicyclic) bond motifs is 1. The molecule has 0 amide bonds. The third-order valence-electron chi connectivity index (χ3n) is 5.25. The van der Waals surface area contributed by atoms with Crippen molar-refractivity contribution >= 4 is 5.78 Å². The molecule has 1 aromatic rings. The number of Topliss-reactive ketones (excluding diaryl/α,β-unsaturated/α-hetero) is 1. The minimum atomic E-state index is 0.0962. The van der Waals surface area contributed by atoms with Crippen LogP contribution in [0.4, 0.5) is 0 Å². The number of hydrogen-bond acceptors (Lipinski definition) is 2. The Kier molecular flexibility index (Phi) is 4.18. The highest BCUT2D eigenvalue weighted by Crippen LogP contribution is 2.39. The number of pyridine rings is 1. The van der Waals surface area contributed by atoms with Gasteiger partial charge in [0.1, 0.15) is 5.78 Å². The molecule has 0 N–H and O–H groups in total. The molecule has 0 bridgehead atoms. The Hall–Kier alpha value is -1.18. The predicted octanol–water partition coefficient (Wildman–Crippen LogP) is 4.29. The van der Waals surface area contributed by atoms with Crippen molar-refractivity contribution in [2.45, 2.75) is 64.2 Å². The average Bonchev–Trinajstić information content (AvgIpc) is 2.92. The van der Waals surface area contributed by atoms with Gasteiger partial charge in [0, 0.05) is 12.1 Å². The normalized spacial score (nSPS) is 29.1. The zero-order chi connectivity index (χ0) is 13.9. The molecule has 0 saturated heterocycles. The van der Waals surface area contributed by atoms with Crippen LogP contribution in [-0.2, 0) is 11.2 Å². The first kappa shape index (κ1) is 13.8. The van der Waals surface area contributed by atoms with E-state index in [9.17, 15) is 4.79 Å². The van der Waals surface area contributed by atoms with Gasteiger partial charge < -0.3 is 0 Å². The second kappa shape index (κ2) is 6.07. The molecule has 0 aliphatic heterocycles. The Labute approximate surface area is 122 Å². The van der Waals surface area contributed by atoms with Crippen molar-refractivity contribution in [3.63, 3.8) is 0 Å². The molecule has 0 radical (unpaired) electrons. The van der Waals surface area contributed by atoms with E-state index in [0.29, 0.717) is 11.7 Å². The van der Waals surface area contributed by atoms with E-state index in [2.05, 4.69) is 18.0 Å². The van der Waals surface area contributed by atoms with Gasteiger partial charge >= 0.3 is 0 Å². The highest BCUT2D eigenvalue weighted by atomic mass is 16.1. The molecule has 1 fully saturated rings. The lowest BCUT2D eigenvalue weighted by Crippen LogP contribution is -2.26. The highest BCUT2D eigenvalue weighted by Gasteiger charge is 2.35. The van der Waals surface area contributed by atoms with Crippen LogP contribution in [0.3, 0.4) is 0 Å². The van der Waals surface area contributed by atoms with Gasteiger partial charge in [0.05, 0.1) is 11.6 Å². The van der Waals surface area contributed by atoms with Crippen molar-refractivity contribution in [1.29, 1.82) is 0 Å². The molecule has 20 heavy (non-hydrogen) atoms. The molecule has 1 heterocycles. The van der Waals surface area contributed by atoms with E-state index in [1.165, 1.54) is 31.2 Å². The summed E-state index contributed by atoms with van der Waals surface area (Å²) >= 11 is 0. The fourth-order valence-corrected chi connectivity index (χ4v) is 4.12. The van der Waals surface area contributed by atoms with Crippen LogP contribution in [0.25, 0.3) is 0 Å². The van der Waals surface area contributed by atoms with Gasteiger partial charge in [0.25, 0.3) is 0 Å². The Morgan fingerprint density at radius 2 is 2.05 bits per heavy atom. The van der Waals surface area contributed by atoms with Crippen molar-refractivity contribution in [3.05, 3.63) is 29.6 Å². The Bertz CT molecular complexity index is 474. The lowest BCUT2D eigenvalue weighted by molar-refractivity contribution is -0.125. The van der Waals surface area contributed by atoms with E-state index < -0.39 is 0 Å². The first-order chi connectivity index (χ1) is 9.79. The molecule has 2 aliphatic carbocycles. The molecule has 108 valence electrons. The first-order valence-electron chi connectivity index (χ1n) is 8.27. The molecule has 1 atom stereocenters. The van der Waals surface area contributed by atoms with Crippen molar-refractivity contribution < 1.29 is 4.79 Å². The van der Waals surface area contributed by atoms with E-state index in [1.54, 1.807) is 0 Å². The number of ketones is 1. The topological polar surface area (TPSA) is 30.0 Å². The Morgan fingerprint density at radius 3 is 2.80 bits per heavy atom. The fraction of sp³-hybridized carbons (Fsp3) is 0.667. The molecular formula is C18H25NO. The number of rotatable bonds is 4. The Morgan fingerprint density at radius 1 is 1.25 bits per heavy atom. The maximum atomic E-state index is 12.8. The molecule has 1 aromatic heterocycles. The average molecular weight is 271 g/mol. The fourth-order valence-electron chi connectivity index (χ4n) is 4.12. The molecule has 0 spiro atoms. The summed E-state index contributed by atoms with van der Waals surface area (Å²) in [4.78, 5) is 17.3. The molecule has 0 aromatic carbocycles. The first-order valence-corrected chi connectivity index (χ1v) is 8.27. The molecule has 2 nitrogen and oxygen atoms in total. The summed E-state index contributed by atoms with van der Waals surface area (Å²) in [5.41, 5.74) is 2.37. The van der Waals surface area contributed by atoms with Gasteiger partial charge in [-0.2, -0.15) is 0 Å². The van der Waals surface area contributed by atoms with Crippen LogP contribution in [0.2, 0.25) is 0 Å². The van der Waals surface area contributed by atoms with Crippen LogP contribution < -0.4 is 0 Å². The van der Waals surface area contributed by atoms with E-state index in [-0.39, 0.29) is 5.92 Å². The summed E-state index contributed by atoms with van der Waals surface area (Å²) in [6, 6.07) is 4.12. The molecular weight excluding hydrogens is 246 g/mol. The van der Waals surface area contributed by atoms with E-state index in [0.717, 1.165) is 37.3 Å². The lowest BCUT2D eigenvalue weighted by atomic mass is 9.75. The SMILES string of the molecule is CCCC1CCC(C(=O)C2CCc3cccnc32)CC1. The lowest BCUT2D eigenvalue weighted by Gasteiger charge is -2.29. The largest absolute Gasteiger partial charge is 0.299 e. The van der Waals surface area contributed by atoms with Gasteiger partial charge in [0.15, 0.2) is 0 Å². The molecule has 2 heteroatoms. The van der Waals surface area contributed by atoms with Crippen molar-refractivity contribution in [2.75, 3.05) is 0 Å². The van der Waals surface area contributed by atoms with Crippen molar-refractivity contribution in [2.24, 2.45) is 11.8 Å². The number of aryl methyl sites for hydroxylation is 1. The third kappa shape index (κ3) is 2.65. The summed E-state index contributed by atoms with van der Waals surface area (Å²) in [5, 5.41) is 0. The van der Waals surface area contributed by atoms with E-state index in [1.807, 2.05) is 12.3 Å². The van der Waals surface area contributed by atoms with Gasteiger partial charge in [0.2, 0.25) is 0 Å². The van der Waals surface area contributed by atoms with Crippen LogP contribution >= 0.6 is 0 Å². The van der Waals surface area contributed by atoms with Gasteiger partial charge in [-0.1, -0.05) is 25.8 Å². The van der Waals surface area contributed by atoms with E-state index >= 15 is 0 Å². The van der Waals surface area contributed by atoms with Gasteiger partial charge in [-0.05, 0) is 56.1 Å². The second-order valence-corrected chi connectivity index (χ2v) is 6.55. The standard InChI is InChI=1S/C18H25NO/c1-2-4-13-6-8-15(9-7-13)18(20)16-11-10-14-5-3-12-19-17(14)16/h3,5,12-13,15-16H,2,4,6-11H2,1H3. The Balaban J connectivity index is 1.64. The monoisotopic (exact) mass is 271 g/mol. The van der Waals surface area contributed by atoms with Crippen molar-refractivity contribution in [1.82, 2.24) is 4.98 Å². The molecule has 1 saturated carbocycles. The summed E-state index contributed by atoms with van der Waals surface area (Å²) in [7, 11) is 0. The van der Waals surface area contributed by atoms with Gasteiger partial charge in [-0.15, -0.1) is 0 Å². The summed E-state index contributed by atoms with van der Waals surface area (Å²) in [6.07, 6.45) is 11.2. The van der Waals surface area contributed by atoms with Crippen LogP contribution in [0, 0.1) is 11.8 Å². The van der Waals surface area contributed by atoms with Gasteiger partial charge in [-0.25, -0.2) is 0 Å². The van der Waals surface area contributed by atoms with Crippen LogP contribution in [-0.4, -0.2) is 10.8 Å². The van der Waals surface area contributed by atoms with Crippen LogP contribution in [0.5, 0.6) is 0 Å². The number of aromatic nitrogens is 1. The maximum Gasteiger partial charge on any atom is 0.145 e. The number of carbonyl (C=O) groups excluding carboxylic acids is 1. The van der Waals surface area contributed by atoms with E-state index in [4.69, 9.17) is 0 Å². The smallest absolute Gasteiger partial charge is 0.145 e. The summed E-state index contributed by atoms with van der Waals surface area (Å²) in [6.45, 7) is 2.26. The zero-order valence-electron chi connectivity index (χ0n) is 12.5. The summed E-state index contributed by atoms with van der Waals surface area (Å²) in [5.74, 6) is 1.76. The third-order valence-corrected chi connectivity index (χ3v) is 5.25. The quantitative estimate of drug-likeness (QED) is 0.817. The van der Waals surface area contributed by atoms with Crippen LogP contribution in [0.15, 0.2) is 18.3 Å². The molecule has 3 rings (SSSR count). The maximum absolute atomic E-state index is 12.8. The molecule has 2 aliphatic rings. The summed E-state index contributed by atoms with van der Waals surface area (Å²) < 4.78 is 0. The zero-order valence-corrected chi connectivity index (χ0v) is 12.5. The van der Waals surface area contributed by atoms with Crippen LogP contribution in [0.1, 0.15) is 69.0 Å². The number of carbonyl (C=O) groups is 1. The second-order valence-electron chi connectivity index (χ2n) is 6.55. The number of hydrogen-bond donors (Lipinski definition) is 0.